The topological polar surface area (TPSA) is 18.5 Å². The average Bonchev–Trinajstić information content (AvgIpc) is 2.85. The van der Waals surface area contributed by atoms with Crippen molar-refractivity contribution in [3.63, 3.8) is 0 Å². The zero-order valence-electron chi connectivity index (χ0n) is 21.1. The van der Waals surface area contributed by atoms with E-state index in [2.05, 4.69) is 6.92 Å². The Labute approximate surface area is 200 Å². The molecule has 33 heavy (non-hydrogen) atoms. The van der Waals surface area contributed by atoms with Gasteiger partial charge in [0.25, 0.3) is 0 Å². The first-order valence-electron chi connectivity index (χ1n) is 14.0. The van der Waals surface area contributed by atoms with Gasteiger partial charge in [0.15, 0.2) is 11.7 Å². The first-order valence-corrected chi connectivity index (χ1v) is 14.0. The van der Waals surface area contributed by atoms with Gasteiger partial charge in [0.05, 0.1) is 13.7 Å². The third-order valence-corrected chi connectivity index (χ3v) is 9.54. The number of halogens is 2. The molecular weight excluding hydrogens is 418 g/mol. The Hall–Kier alpha value is -1.06. The van der Waals surface area contributed by atoms with E-state index in [-0.39, 0.29) is 11.5 Å². The van der Waals surface area contributed by atoms with Gasteiger partial charge in [0.1, 0.15) is 11.5 Å². The van der Waals surface area contributed by atoms with Gasteiger partial charge >= 0.3 is 0 Å². The van der Waals surface area contributed by atoms with E-state index in [1.165, 1.54) is 97.0 Å². The summed E-state index contributed by atoms with van der Waals surface area (Å²) in [5, 5.41) is 0. The molecule has 0 aromatic heterocycles. The van der Waals surface area contributed by atoms with Gasteiger partial charge in [-0.05, 0) is 86.9 Å². The van der Waals surface area contributed by atoms with Crippen LogP contribution in [0.1, 0.15) is 110 Å². The van der Waals surface area contributed by atoms with Gasteiger partial charge in [-0.2, -0.15) is 8.78 Å². The van der Waals surface area contributed by atoms with Gasteiger partial charge in [-0.25, -0.2) is 0 Å². The number of rotatable bonds is 9. The number of ether oxygens (including phenoxy) is 2. The molecule has 0 aromatic rings. The Kier molecular flexibility index (Phi) is 9.16. The van der Waals surface area contributed by atoms with Gasteiger partial charge in [-0.1, -0.05) is 45.4 Å². The largest absolute Gasteiger partial charge is 0.498 e. The van der Waals surface area contributed by atoms with Crippen LogP contribution in [-0.2, 0) is 9.47 Å². The molecule has 0 bridgehead atoms. The van der Waals surface area contributed by atoms with E-state index >= 15 is 0 Å². The maximum Gasteiger partial charge on any atom is 0.199 e. The fraction of sp³-hybridized carbons (Fsp3) is 0.862. The number of hydrogen-bond donors (Lipinski definition) is 0. The predicted octanol–water partition coefficient (Wildman–Crippen LogP) is 9.02. The van der Waals surface area contributed by atoms with Crippen LogP contribution in [0.3, 0.4) is 0 Å². The molecule has 0 radical (unpaired) electrons. The number of fused-ring (bicyclic) bond motifs is 1. The number of allylic oxidation sites excluding steroid dienone is 4. The summed E-state index contributed by atoms with van der Waals surface area (Å²) in [4.78, 5) is 0. The summed E-state index contributed by atoms with van der Waals surface area (Å²) in [7, 11) is 1.39. The zero-order chi connectivity index (χ0) is 23.2. The minimum atomic E-state index is -0.879. The Morgan fingerprint density at radius 1 is 0.697 bits per heavy atom. The molecule has 4 aliphatic carbocycles. The molecule has 0 amide bonds. The minimum absolute atomic E-state index is 0.0992. The second kappa shape index (κ2) is 12.1. The van der Waals surface area contributed by atoms with Crippen LogP contribution in [0.15, 0.2) is 23.2 Å². The summed E-state index contributed by atoms with van der Waals surface area (Å²) in [5.41, 5.74) is 0. The quantitative estimate of drug-likeness (QED) is 0.317. The molecule has 3 saturated carbocycles. The summed E-state index contributed by atoms with van der Waals surface area (Å²) >= 11 is 0. The molecule has 0 N–H and O–H groups in total. The van der Waals surface area contributed by atoms with E-state index in [9.17, 15) is 8.78 Å². The van der Waals surface area contributed by atoms with Crippen LogP contribution in [0.4, 0.5) is 8.78 Å². The molecule has 188 valence electrons. The molecule has 4 atom stereocenters. The van der Waals surface area contributed by atoms with Crippen molar-refractivity contribution in [1.82, 2.24) is 0 Å². The highest BCUT2D eigenvalue weighted by Gasteiger charge is 2.39. The van der Waals surface area contributed by atoms with Crippen LogP contribution in [0, 0.1) is 35.5 Å². The molecule has 0 aliphatic heterocycles. The predicted molar refractivity (Wildman–Crippen MR) is 130 cm³/mol. The monoisotopic (exact) mass is 464 g/mol. The van der Waals surface area contributed by atoms with Crippen molar-refractivity contribution in [2.45, 2.75) is 110 Å². The minimum Gasteiger partial charge on any atom is -0.498 e. The second-order valence-electron chi connectivity index (χ2n) is 11.5. The average molecular weight is 465 g/mol. The Bertz CT molecular complexity index is 692. The van der Waals surface area contributed by atoms with Gasteiger partial charge < -0.3 is 9.47 Å². The lowest BCUT2D eigenvalue weighted by Crippen LogP contribution is -2.35. The number of hydrogen-bond acceptors (Lipinski definition) is 2. The van der Waals surface area contributed by atoms with Crippen LogP contribution in [0.25, 0.3) is 0 Å². The van der Waals surface area contributed by atoms with Crippen LogP contribution in [0.5, 0.6) is 0 Å². The highest BCUT2D eigenvalue weighted by Crippen LogP contribution is 2.49. The lowest BCUT2D eigenvalue weighted by Gasteiger charge is -2.45. The summed E-state index contributed by atoms with van der Waals surface area (Å²) in [6, 6.07) is 0. The van der Waals surface area contributed by atoms with E-state index in [0.29, 0.717) is 25.4 Å². The van der Waals surface area contributed by atoms with Gasteiger partial charge in [-0.15, -0.1) is 0 Å². The Morgan fingerprint density at radius 2 is 1.27 bits per heavy atom. The van der Waals surface area contributed by atoms with E-state index in [0.717, 1.165) is 29.6 Å². The Balaban J connectivity index is 1.19. The van der Waals surface area contributed by atoms with Gasteiger partial charge in [0, 0.05) is 12.8 Å². The number of unbranched alkanes of at least 4 members (excludes halogenated alkanes) is 2. The highest BCUT2D eigenvalue weighted by atomic mass is 19.2. The van der Waals surface area contributed by atoms with E-state index in [1.54, 1.807) is 0 Å². The molecule has 0 heterocycles. The number of methoxy groups -OCH3 is 1. The molecule has 0 saturated heterocycles. The lowest BCUT2D eigenvalue weighted by atomic mass is 9.61. The Morgan fingerprint density at radius 3 is 2.00 bits per heavy atom. The van der Waals surface area contributed by atoms with E-state index in [1.807, 2.05) is 0 Å². The smallest absolute Gasteiger partial charge is 0.199 e. The molecular formula is C29H46F2O2. The van der Waals surface area contributed by atoms with Crippen molar-refractivity contribution in [3.05, 3.63) is 23.2 Å². The first-order chi connectivity index (χ1) is 16.1. The maximum atomic E-state index is 14.3. The lowest BCUT2D eigenvalue weighted by molar-refractivity contribution is 0.0359. The van der Waals surface area contributed by atoms with E-state index in [4.69, 9.17) is 9.47 Å². The summed E-state index contributed by atoms with van der Waals surface area (Å²) in [5.74, 6) is 3.69. The van der Waals surface area contributed by atoms with Crippen molar-refractivity contribution in [1.29, 1.82) is 0 Å². The zero-order valence-corrected chi connectivity index (χ0v) is 21.1. The normalized spacial score (nSPS) is 35.4. The fourth-order valence-electron chi connectivity index (χ4n) is 7.47. The van der Waals surface area contributed by atoms with Crippen molar-refractivity contribution in [2.75, 3.05) is 13.7 Å². The van der Waals surface area contributed by atoms with Crippen molar-refractivity contribution in [3.8, 4) is 0 Å². The van der Waals surface area contributed by atoms with Crippen molar-refractivity contribution < 1.29 is 18.3 Å². The van der Waals surface area contributed by atoms with E-state index < -0.39 is 11.7 Å². The second-order valence-corrected chi connectivity index (χ2v) is 11.5. The molecule has 4 aliphatic rings. The van der Waals surface area contributed by atoms with Gasteiger partial charge in [-0.3, -0.25) is 0 Å². The van der Waals surface area contributed by atoms with Crippen molar-refractivity contribution in [2.24, 2.45) is 35.5 Å². The first kappa shape index (κ1) is 25.0. The fourth-order valence-corrected chi connectivity index (χ4v) is 7.47. The molecule has 4 unspecified atom stereocenters. The molecule has 3 fully saturated rings. The third kappa shape index (κ3) is 6.34. The third-order valence-electron chi connectivity index (χ3n) is 9.54. The molecule has 2 nitrogen and oxygen atoms in total. The maximum absolute atomic E-state index is 14.3. The molecule has 0 spiro atoms. The van der Waals surface area contributed by atoms with Gasteiger partial charge in [0.2, 0.25) is 0 Å². The standard InChI is InChI=1S/C29H46F2O2/c1-3-4-5-6-20-7-10-22(11-8-20)24-14-13-23-17-21(9-12-25(23)18-24)19-33-27-16-15-26(32-2)28(30)29(27)31/h20-25H,3-19H2,1-2H3. The van der Waals surface area contributed by atoms with Crippen LogP contribution >= 0.6 is 0 Å². The molecule has 4 rings (SSSR count). The summed E-state index contributed by atoms with van der Waals surface area (Å²) in [6.45, 7) is 2.84. The van der Waals surface area contributed by atoms with Crippen LogP contribution < -0.4 is 0 Å². The molecule has 4 heteroatoms. The van der Waals surface area contributed by atoms with Crippen molar-refractivity contribution >= 4 is 0 Å². The van der Waals surface area contributed by atoms with Crippen LogP contribution in [0.2, 0.25) is 0 Å². The SMILES string of the molecule is CCCCCC1CCC(C2CCC3CC(COC4=C(F)C(F)=C(OC)CC4)CCC3C2)CC1. The molecule has 0 aromatic carbocycles. The highest BCUT2D eigenvalue weighted by molar-refractivity contribution is 5.29. The summed E-state index contributed by atoms with van der Waals surface area (Å²) in [6.07, 6.45) is 20.2. The summed E-state index contributed by atoms with van der Waals surface area (Å²) < 4.78 is 39.0. The van der Waals surface area contributed by atoms with Crippen LogP contribution in [-0.4, -0.2) is 13.7 Å².